The first-order valence-electron chi connectivity index (χ1n) is 6.66. The van der Waals surface area contributed by atoms with Crippen molar-refractivity contribution < 1.29 is 14.7 Å². The lowest BCUT2D eigenvalue weighted by Crippen LogP contribution is -2.48. The second-order valence-electron chi connectivity index (χ2n) is 4.92. The Morgan fingerprint density at radius 3 is 2.90 bits per heavy atom. The summed E-state index contributed by atoms with van der Waals surface area (Å²) >= 11 is 0. The van der Waals surface area contributed by atoms with Crippen LogP contribution in [-0.2, 0) is 17.9 Å². The van der Waals surface area contributed by atoms with Crippen LogP contribution in [0.5, 0.6) is 0 Å². The summed E-state index contributed by atoms with van der Waals surface area (Å²) in [6.07, 6.45) is 1.65. The maximum absolute atomic E-state index is 12.4. The van der Waals surface area contributed by atoms with Crippen LogP contribution in [-0.4, -0.2) is 61.3 Å². The Kier molecular flexibility index (Phi) is 4.21. The fraction of sp³-hybridized carbons (Fsp3) is 0.667. The molecule has 1 aliphatic rings. The van der Waals surface area contributed by atoms with E-state index < -0.39 is 11.9 Å². The van der Waals surface area contributed by atoms with Crippen LogP contribution in [0.25, 0.3) is 0 Å². The van der Waals surface area contributed by atoms with Crippen molar-refractivity contribution in [1.29, 1.82) is 0 Å². The van der Waals surface area contributed by atoms with Crippen LogP contribution in [0.1, 0.15) is 19.7 Å². The van der Waals surface area contributed by atoms with Crippen molar-refractivity contribution in [1.82, 2.24) is 24.6 Å². The minimum atomic E-state index is -0.894. The summed E-state index contributed by atoms with van der Waals surface area (Å²) in [5, 5.41) is 16.7. The lowest BCUT2D eigenvalue weighted by Gasteiger charge is -2.33. The molecule has 0 radical (unpaired) electrons. The quantitative estimate of drug-likeness (QED) is 0.854. The first-order chi connectivity index (χ1) is 9.52. The molecular formula is C12H19N5O3. The number of urea groups is 1. The molecule has 0 spiro atoms. The number of nitrogens with zero attached hydrogens (tertiary/aromatic N) is 5. The number of aromatic nitrogens is 3. The zero-order valence-corrected chi connectivity index (χ0v) is 11.7. The van der Waals surface area contributed by atoms with Crippen molar-refractivity contribution in [2.45, 2.75) is 26.9 Å². The Bertz CT molecular complexity index is 501. The van der Waals surface area contributed by atoms with Gasteiger partial charge in [0.15, 0.2) is 5.82 Å². The van der Waals surface area contributed by atoms with Crippen molar-refractivity contribution in [2.75, 3.05) is 19.6 Å². The standard InChI is InChI=1S/C12H19N5O3/c1-3-15(6-9(2)11(18)19)12(20)16-4-5-17-8-13-14-10(17)7-16/h8-9H,3-7H2,1-2H3,(H,18,19). The van der Waals surface area contributed by atoms with Gasteiger partial charge in [0, 0.05) is 26.2 Å². The van der Waals surface area contributed by atoms with E-state index in [2.05, 4.69) is 10.2 Å². The second-order valence-corrected chi connectivity index (χ2v) is 4.92. The van der Waals surface area contributed by atoms with Gasteiger partial charge in [-0.05, 0) is 6.92 Å². The van der Waals surface area contributed by atoms with Gasteiger partial charge in [0.2, 0.25) is 0 Å². The van der Waals surface area contributed by atoms with Crippen molar-refractivity contribution >= 4 is 12.0 Å². The molecule has 0 saturated carbocycles. The van der Waals surface area contributed by atoms with Gasteiger partial charge < -0.3 is 19.5 Å². The molecule has 1 N–H and O–H groups in total. The molecule has 8 heteroatoms. The van der Waals surface area contributed by atoms with E-state index in [1.54, 1.807) is 23.1 Å². The van der Waals surface area contributed by atoms with Crippen LogP contribution in [0, 0.1) is 5.92 Å². The molecule has 1 unspecified atom stereocenters. The van der Waals surface area contributed by atoms with Crippen LogP contribution in [0.15, 0.2) is 6.33 Å². The number of carbonyl (C=O) groups excluding carboxylic acids is 1. The minimum absolute atomic E-state index is 0.144. The lowest BCUT2D eigenvalue weighted by molar-refractivity contribution is -0.141. The number of fused-ring (bicyclic) bond motifs is 1. The van der Waals surface area contributed by atoms with Gasteiger partial charge in [-0.15, -0.1) is 10.2 Å². The Hall–Kier alpha value is -2.12. The van der Waals surface area contributed by atoms with E-state index in [1.165, 1.54) is 0 Å². The molecule has 110 valence electrons. The summed E-state index contributed by atoms with van der Waals surface area (Å²) < 4.78 is 1.92. The Morgan fingerprint density at radius 2 is 2.25 bits per heavy atom. The van der Waals surface area contributed by atoms with Crippen molar-refractivity contribution in [3.8, 4) is 0 Å². The number of aliphatic carboxylic acids is 1. The van der Waals surface area contributed by atoms with Crippen LogP contribution in [0.3, 0.4) is 0 Å². The van der Waals surface area contributed by atoms with E-state index in [0.29, 0.717) is 26.2 Å². The third kappa shape index (κ3) is 2.89. The predicted octanol–water partition coefficient (Wildman–Crippen LogP) is 0.256. The monoisotopic (exact) mass is 281 g/mol. The molecule has 0 aliphatic carbocycles. The first kappa shape index (κ1) is 14.3. The van der Waals surface area contributed by atoms with Gasteiger partial charge in [-0.25, -0.2) is 4.79 Å². The first-order valence-corrected chi connectivity index (χ1v) is 6.66. The fourth-order valence-corrected chi connectivity index (χ4v) is 2.18. The number of hydrogen-bond acceptors (Lipinski definition) is 4. The van der Waals surface area contributed by atoms with E-state index in [-0.39, 0.29) is 12.6 Å². The van der Waals surface area contributed by atoms with E-state index in [9.17, 15) is 9.59 Å². The minimum Gasteiger partial charge on any atom is -0.481 e. The SMILES string of the molecule is CCN(CC(C)C(=O)O)C(=O)N1CCn2cnnc2C1. The number of amides is 2. The van der Waals surface area contributed by atoms with Crippen LogP contribution in [0.4, 0.5) is 4.79 Å². The average Bonchev–Trinajstić information content (AvgIpc) is 2.90. The van der Waals surface area contributed by atoms with E-state index in [1.807, 2.05) is 11.5 Å². The molecule has 2 rings (SSSR count). The highest BCUT2D eigenvalue weighted by atomic mass is 16.4. The topological polar surface area (TPSA) is 91.6 Å². The molecule has 8 nitrogen and oxygen atoms in total. The van der Waals surface area contributed by atoms with Crippen LogP contribution >= 0.6 is 0 Å². The third-order valence-electron chi connectivity index (χ3n) is 3.48. The zero-order valence-electron chi connectivity index (χ0n) is 11.7. The maximum Gasteiger partial charge on any atom is 0.320 e. The molecule has 1 atom stereocenters. The number of hydrogen-bond donors (Lipinski definition) is 1. The summed E-state index contributed by atoms with van der Waals surface area (Å²) in [6.45, 7) is 5.82. The third-order valence-corrected chi connectivity index (χ3v) is 3.48. The average molecular weight is 281 g/mol. The highest BCUT2D eigenvalue weighted by Gasteiger charge is 2.27. The van der Waals surface area contributed by atoms with E-state index in [4.69, 9.17) is 5.11 Å². The molecule has 1 aromatic heterocycles. The number of carboxylic acid groups (broad SMARTS) is 1. The molecule has 0 saturated heterocycles. The fourth-order valence-electron chi connectivity index (χ4n) is 2.18. The van der Waals surface area contributed by atoms with Gasteiger partial charge in [-0.3, -0.25) is 4.79 Å². The van der Waals surface area contributed by atoms with Gasteiger partial charge in [0.25, 0.3) is 0 Å². The van der Waals surface area contributed by atoms with Gasteiger partial charge in [0.1, 0.15) is 6.33 Å². The second kappa shape index (κ2) is 5.89. The van der Waals surface area contributed by atoms with Gasteiger partial charge >= 0.3 is 12.0 Å². The van der Waals surface area contributed by atoms with E-state index in [0.717, 1.165) is 5.82 Å². The molecule has 0 aromatic carbocycles. The van der Waals surface area contributed by atoms with Crippen LogP contribution in [0.2, 0.25) is 0 Å². The predicted molar refractivity (Wildman–Crippen MR) is 69.9 cm³/mol. The van der Waals surface area contributed by atoms with Crippen molar-refractivity contribution in [3.63, 3.8) is 0 Å². The molecule has 2 heterocycles. The van der Waals surface area contributed by atoms with Crippen molar-refractivity contribution in [2.24, 2.45) is 5.92 Å². The molecule has 0 bridgehead atoms. The molecule has 20 heavy (non-hydrogen) atoms. The molecule has 0 fully saturated rings. The lowest BCUT2D eigenvalue weighted by atomic mass is 10.2. The van der Waals surface area contributed by atoms with Crippen LogP contribution < -0.4 is 0 Å². The van der Waals surface area contributed by atoms with Crippen molar-refractivity contribution in [3.05, 3.63) is 12.2 Å². The Balaban J connectivity index is 2.01. The highest BCUT2D eigenvalue weighted by molar-refractivity contribution is 5.76. The normalized spacial score (nSPS) is 15.6. The largest absolute Gasteiger partial charge is 0.481 e. The number of carboxylic acids is 1. The van der Waals surface area contributed by atoms with Gasteiger partial charge in [0.05, 0.1) is 12.5 Å². The van der Waals surface area contributed by atoms with Gasteiger partial charge in [-0.1, -0.05) is 6.92 Å². The summed E-state index contributed by atoms with van der Waals surface area (Å²) in [4.78, 5) is 26.6. The smallest absolute Gasteiger partial charge is 0.320 e. The van der Waals surface area contributed by atoms with E-state index >= 15 is 0 Å². The Labute approximate surface area is 117 Å². The Morgan fingerprint density at radius 1 is 1.50 bits per heavy atom. The summed E-state index contributed by atoms with van der Waals surface area (Å²) in [6, 6.07) is -0.144. The molecule has 1 aliphatic heterocycles. The summed E-state index contributed by atoms with van der Waals surface area (Å²) in [5.74, 6) is -0.714. The number of rotatable bonds is 4. The number of carbonyl (C=O) groups is 2. The summed E-state index contributed by atoms with van der Waals surface area (Å²) in [7, 11) is 0. The summed E-state index contributed by atoms with van der Waals surface area (Å²) in [5.41, 5.74) is 0. The molecular weight excluding hydrogens is 262 g/mol. The molecule has 2 amide bonds. The maximum atomic E-state index is 12.4. The zero-order chi connectivity index (χ0) is 14.7. The van der Waals surface area contributed by atoms with Gasteiger partial charge in [-0.2, -0.15) is 0 Å². The molecule has 1 aromatic rings. The highest BCUT2D eigenvalue weighted by Crippen LogP contribution is 2.12.